The van der Waals surface area contributed by atoms with Crippen molar-refractivity contribution in [2.24, 2.45) is 0 Å². The molecule has 1 atom stereocenters. The number of benzene rings is 4. The monoisotopic (exact) mass is 425 g/mol. The van der Waals surface area contributed by atoms with Gasteiger partial charge in [0.05, 0.1) is 22.8 Å². The maximum absolute atomic E-state index is 4.70. The number of imidazole rings is 1. The zero-order valence-electron chi connectivity index (χ0n) is 18.1. The van der Waals surface area contributed by atoms with Crippen LogP contribution in [0.1, 0.15) is 22.7 Å². The molecule has 158 valence electrons. The van der Waals surface area contributed by atoms with Gasteiger partial charge < -0.3 is 0 Å². The normalized spacial score (nSPS) is 15.9. The van der Waals surface area contributed by atoms with Crippen molar-refractivity contribution in [2.45, 2.75) is 6.04 Å². The molecule has 5 aromatic rings. The first-order valence-corrected chi connectivity index (χ1v) is 11.2. The Bertz CT molecular complexity index is 1450. The minimum Gasteiger partial charge on any atom is -0.268 e. The van der Waals surface area contributed by atoms with Crippen LogP contribution in [-0.4, -0.2) is 9.66 Å². The second kappa shape index (κ2) is 8.29. The summed E-state index contributed by atoms with van der Waals surface area (Å²) in [5, 5.41) is 2.35. The summed E-state index contributed by atoms with van der Waals surface area (Å²) in [5.41, 5.74) is 8.01. The predicted octanol–water partition coefficient (Wildman–Crippen LogP) is 6.85. The molecule has 0 spiro atoms. The van der Waals surface area contributed by atoms with Crippen molar-refractivity contribution < 1.29 is 0 Å². The number of rotatable bonds is 4. The number of hydrogen-bond donors (Lipinski definition) is 0. The molecule has 1 unspecified atom stereocenters. The van der Waals surface area contributed by atoms with Crippen molar-refractivity contribution in [2.75, 3.05) is 5.01 Å². The molecule has 6 rings (SSSR count). The Balaban J connectivity index is 1.62. The van der Waals surface area contributed by atoms with Crippen LogP contribution in [-0.2, 0) is 0 Å². The fourth-order valence-electron chi connectivity index (χ4n) is 4.54. The summed E-state index contributed by atoms with van der Waals surface area (Å²) in [4.78, 5) is 4.70. The average molecular weight is 426 g/mol. The molecule has 3 nitrogen and oxygen atoms in total. The van der Waals surface area contributed by atoms with Gasteiger partial charge in [-0.25, -0.2) is 9.66 Å². The van der Waals surface area contributed by atoms with Crippen LogP contribution in [0.4, 0.5) is 0 Å². The Kier molecular flexibility index (Phi) is 4.85. The lowest BCUT2D eigenvalue weighted by molar-refractivity contribution is 0.650. The molecule has 1 aliphatic heterocycles. The largest absolute Gasteiger partial charge is 0.268 e. The van der Waals surface area contributed by atoms with Gasteiger partial charge in [0.15, 0.2) is 0 Å². The van der Waals surface area contributed by atoms with Gasteiger partial charge in [-0.2, -0.15) is 0 Å². The quantitative estimate of drug-likeness (QED) is 0.314. The van der Waals surface area contributed by atoms with E-state index in [2.05, 4.69) is 131 Å². The van der Waals surface area contributed by atoms with Gasteiger partial charge in [0.25, 0.3) is 0 Å². The summed E-state index contributed by atoms with van der Waals surface area (Å²) in [6.45, 7) is 0. The van der Waals surface area contributed by atoms with Crippen LogP contribution in [0.5, 0.6) is 0 Å². The Morgan fingerprint density at radius 2 is 1.21 bits per heavy atom. The van der Waals surface area contributed by atoms with E-state index in [9.17, 15) is 0 Å². The summed E-state index contributed by atoms with van der Waals surface area (Å²) >= 11 is 0. The minimum atomic E-state index is -0.000724. The summed E-state index contributed by atoms with van der Waals surface area (Å²) in [6.07, 6.45) is 6.57. The third kappa shape index (κ3) is 3.54. The molecule has 1 aliphatic rings. The van der Waals surface area contributed by atoms with Crippen LogP contribution in [0.2, 0.25) is 0 Å². The highest BCUT2D eigenvalue weighted by molar-refractivity contribution is 5.91. The molecule has 2 heterocycles. The smallest absolute Gasteiger partial charge is 0.116 e. The number of fused-ring (bicyclic) bond motifs is 1. The molecule has 4 aromatic carbocycles. The molecular formula is C30H23N3. The van der Waals surface area contributed by atoms with E-state index < -0.39 is 0 Å². The van der Waals surface area contributed by atoms with Gasteiger partial charge >= 0.3 is 0 Å². The van der Waals surface area contributed by atoms with Gasteiger partial charge in [-0.15, -0.1) is 0 Å². The van der Waals surface area contributed by atoms with Gasteiger partial charge in [-0.1, -0.05) is 103 Å². The SMILES string of the molecule is C1=C(c2ccccc2)C=C(c2ccccc2)N(n2cnc3ccccc32)C1c1ccccc1. The maximum Gasteiger partial charge on any atom is 0.116 e. The fourth-order valence-corrected chi connectivity index (χ4v) is 4.54. The second-order valence-corrected chi connectivity index (χ2v) is 8.16. The van der Waals surface area contributed by atoms with E-state index >= 15 is 0 Å². The van der Waals surface area contributed by atoms with Crippen molar-refractivity contribution in [1.29, 1.82) is 0 Å². The Labute approximate surface area is 193 Å². The lowest BCUT2D eigenvalue weighted by Crippen LogP contribution is -2.37. The molecule has 0 saturated carbocycles. The first-order valence-electron chi connectivity index (χ1n) is 11.2. The number of allylic oxidation sites excluding steroid dienone is 2. The van der Waals surface area contributed by atoms with E-state index in [0.29, 0.717) is 0 Å². The highest BCUT2D eigenvalue weighted by atomic mass is 15.6. The molecule has 0 N–H and O–H groups in total. The van der Waals surface area contributed by atoms with E-state index in [1.54, 1.807) is 0 Å². The number of hydrogen-bond acceptors (Lipinski definition) is 2. The molecule has 3 heteroatoms. The molecule has 0 aliphatic carbocycles. The zero-order valence-corrected chi connectivity index (χ0v) is 18.1. The lowest BCUT2D eigenvalue weighted by atomic mass is 9.92. The number of nitrogens with zero attached hydrogens (tertiary/aromatic N) is 3. The molecule has 0 saturated heterocycles. The maximum atomic E-state index is 4.70. The summed E-state index contributed by atoms with van der Waals surface area (Å²) in [7, 11) is 0. The topological polar surface area (TPSA) is 21.1 Å². The molecule has 1 aromatic heterocycles. The van der Waals surface area contributed by atoms with Gasteiger partial charge in [0.1, 0.15) is 6.33 Å². The van der Waals surface area contributed by atoms with Crippen molar-refractivity contribution >= 4 is 22.3 Å². The standard InChI is InChI=1S/C30H23N3/c1-4-12-23(13-5-1)26-20-29(24-14-6-2-7-15-24)33(30(21-26)25-16-8-3-9-17-25)32-22-31-27-18-10-11-19-28(27)32/h1-22,29H. The van der Waals surface area contributed by atoms with Crippen molar-refractivity contribution in [3.05, 3.63) is 150 Å². The Morgan fingerprint density at radius 1 is 0.606 bits per heavy atom. The van der Waals surface area contributed by atoms with Gasteiger partial charge in [0.2, 0.25) is 0 Å². The van der Waals surface area contributed by atoms with Gasteiger partial charge in [-0.3, -0.25) is 5.01 Å². The fraction of sp³-hybridized carbons (Fsp3) is 0.0333. The molecular weight excluding hydrogens is 402 g/mol. The molecule has 0 bridgehead atoms. The predicted molar refractivity (Wildman–Crippen MR) is 136 cm³/mol. The van der Waals surface area contributed by atoms with Gasteiger partial charge in [0, 0.05) is 0 Å². The van der Waals surface area contributed by atoms with Crippen LogP contribution >= 0.6 is 0 Å². The highest BCUT2D eigenvalue weighted by Gasteiger charge is 2.29. The molecule has 33 heavy (non-hydrogen) atoms. The first kappa shape index (κ1) is 19.3. The van der Waals surface area contributed by atoms with E-state index in [0.717, 1.165) is 22.3 Å². The summed E-state index contributed by atoms with van der Waals surface area (Å²) < 4.78 is 2.18. The molecule has 0 fully saturated rings. The molecule has 0 amide bonds. The van der Waals surface area contributed by atoms with Crippen LogP contribution in [0.3, 0.4) is 0 Å². The highest BCUT2D eigenvalue weighted by Crippen LogP contribution is 2.39. The van der Waals surface area contributed by atoms with Crippen LogP contribution in [0.25, 0.3) is 22.3 Å². The van der Waals surface area contributed by atoms with Gasteiger partial charge in [-0.05, 0) is 46.5 Å². The lowest BCUT2D eigenvalue weighted by Gasteiger charge is -2.38. The molecule has 0 radical (unpaired) electrons. The third-order valence-electron chi connectivity index (χ3n) is 6.12. The van der Waals surface area contributed by atoms with E-state index in [4.69, 9.17) is 4.98 Å². The number of para-hydroxylation sites is 2. The van der Waals surface area contributed by atoms with E-state index in [1.807, 2.05) is 12.4 Å². The summed E-state index contributed by atoms with van der Waals surface area (Å²) in [6, 6.07) is 40.2. The second-order valence-electron chi connectivity index (χ2n) is 8.16. The Hall–Kier alpha value is -4.37. The van der Waals surface area contributed by atoms with E-state index in [1.165, 1.54) is 16.7 Å². The third-order valence-corrected chi connectivity index (χ3v) is 6.12. The van der Waals surface area contributed by atoms with E-state index in [-0.39, 0.29) is 6.04 Å². The average Bonchev–Trinajstić information content (AvgIpc) is 3.33. The van der Waals surface area contributed by atoms with Crippen molar-refractivity contribution in [3.8, 4) is 0 Å². The Morgan fingerprint density at radius 3 is 1.94 bits per heavy atom. The van der Waals surface area contributed by atoms with Crippen LogP contribution < -0.4 is 5.01 Å². The number of aromatic nitrogens is 2. The zero-order chi connectivity index (χ0) is 22.0. The minimum absolute atomic E-state index is 0.000724. The summed E-state index contributed by atoms with van der Waals surface area (Å²) in [5.74, 6) is 0. The van der Waals surface area contributed by atoms with Crippen molar-refractivity contribution in [3.63, 3.8) is 0 Å². The van der Waals surface area contributed by atoms with Crippen LogP contribution in [0, 0.1) is 0 Å². The van der Waals surface area contributed by atoms with Crippen molar-refractivity contribution in [1.82, 2.24) is 9.66 Å². The first-order chi connectivity index (χ1) is 16.4. The van der Waals surface area contributed by atoms with Crippen LogP contribution in [0.15, 0.2) is 134 Å².